The molecule has 0 aromatic carbocycles. The zero-order valence-electron chi connectivity index (χ0n) is 15.4. The summed E-state index contributed by atoms with van der Waals surface area (Å²) < 4.78 is 10.9. The van der Waals surface area contributed by atoms with Crippen LogP contribution in [0.3, 0.4) is 0 Å². The number of ether oxygens (including phenoxy) is 1. The van der Waals surface area contributed by atoms with Gasteiger partial charge in [-0.15, -0.1) is 0 Å². The second-order valence-electron chi connectivity index (χ2n) is 8.69. The maximum Gasteiger partial charge on any atom is 0.311 e. The molecule has 4 nitrogen and oxygen atoms in total. The Bertz CT molecular complexity index is 692. The molecule has 136 valence electrons. The molecule has 0 aliphatic heterocycles. The van der Waals surface area contributed by atoms with Gasteiger partial charge >= 0.3 is 5.97 Å². The molecule has 4 heteroatoms. The van der Waals surface area contributed by atoms with Crippen molar-refractivity contribution < 1.29 is 18.7 Å². The third-order valence-electron chi connectivity index (χ3n) is 7.91. The van der Waals surface area contributed by atoms with E-state index in [1.54, 1.807) is 6.26 Å². The van der Waals surface area contributed by atoms with E-state index in [4.69, 9.17) is 9.15 Å². The predicted octanol–water partition coefficient (Wildman–Crippen LogP) is 4.13. The number of esters is 1. The largest absolute Gasteiger partial charge is 0.469 e. The normalized spacial score (nSPS) is 42.7. The molecule has 0 spiro atoms. The summed E-state index contributed by atoms with van der Waals surface area (Å²) in [4.78, 5) is 25.2. The maximum atomic E-state index is 12.6. The summed E-state index contributed by atoms with van der Waals surface area (Å²) in [6, 6.07) is 2.09. The first-order valence-electron chi connectivity index (χ1n) is 9.59. The number of carbonyl (C=O) groups excluding carboxylic acids is 2. The number of fused-ring (bicyclic) bond motifs is 4. The fraction of sp³-hybridized carbons (Fsp3) is 0.714. The van der Waals surface area contributed by atoms with Gasteiger partial charge in [0.1, 0.15) is 12.0 Å². The van der Waals surface area contributed by atoms with Gasteiger partial charge in [0.15, 0.2) is 0 Å². The maximum absolute atomic E-state index is 12.6. The van der Waals surface area contributed by atoms with Crippen molar-refractivity contribution in [2.45, 2.75) is 58.3 Å². The quantitative estimate of drug-likeness (QED) is 0.598. The first-order valence-corrected chi connectivity index (χ1v) is 9.59. The Kier molecular flexibility index (Phi) is 3.86. The number of aldehydes is 1. The van der Waals surface area contributed by atoms with Gasteiger partial charge in [0.2, 0.25) is 0 Å². The lowest BCUT2D eigenvalue weighted by Gasteiger charge is -2.59. The fourth-order valence-electron chi connectivity index (χ4n) is 6.69. The summed E-state index contributed by atoms with van der Waals surface area (Å²) in [5, 5.41) is 0. The van der Waals surface area contributed by atoms with Gasteiger partial charge in [0.25, 0.3) is 0 Å². The molecule has 0 bridgehead atoms. The van der Waals surface area contributed by atoms with Gasteiger partial charge in [-0.05, 0) is 67.9 Å². The molecule has 0 N–H and O–H groups in total. The lowest BCUT2D eigenvalue weighted by atomic mass is 9.43. The van der Waals surface area contributed by atoms with Crippen LogP contribution in [0.2, 0.25) is 0 Å². The van der Waals surface area contributed by atoms with Crippen molar-refractivity contribution in [1.82, 2.24) is 0 Å². The Morgan fingerprint density at radius 1 is 1.36 bits per heavy atom. The zero-order valence-corrected chi connectivity index (χ0v) is 15.4. The third kappa shape index (κ3) is 2.12. The van der Waals surface area contributed by atoms with E-state index in [1.165, 1.54) is 19.0 Å². The Morgan fingerprint density at radius 2 is 2.16 bits per heavy atom. The number of methoxy groups -OCH3 is 1. The van der Waals surface area contributed by atoms with Crippen LogP contribution in [0.5, 0.6) is 0 Å². The highest BCUT2D eigenvalue weighted by atomic mass is 16.5. The minimum Gasteiger partial charge on any atom is -0.469 e. The molecule has 1 aromatic rings. The first-order chi connectivity index (χ1) is 12.0. The molecular weight excluding hydrogens is 316 g/mol. The highest BCUT2D eigenvalue weighted by Gasteiger charge is 2.62. The molecule has 6 atom stereocenters. The summed E-state index contributed by atoms with van der Waals surface area (Å²) in [7, 11) is 1.47. The molecule has 25 heavy (non-hydrogen) atoms. The highest BCUT2D eigenvalue weighted by Crippen LogP contribution is 2.64. The molecule has 2 fully saturated rings. The molecule has 0 radical (unpaired) electrons. The van der Waals surface area contributed by atoms with Crippen molar-refractivity contribution in [1.29, 1.82) is 0 Å². The second-order valence-corrected chi connectivity index (χ2v) is 8.69. The number of hydrogen-bond acceptors (Lipinski definition) is 4. The van der Waals surface area contributed by atoms with E-state index >= 15 is 0 Å². The number of rotatable bonds is 2. The number of hydrogen-bond donors (Lipinski definition) is 0. The van der Waals surface area contributed by atoms with E-state index in [2.05, 4.69) is 13.0 Å². The smallest absolute Gasteiger partial charge is 0.311 e. The van der Waals surface area contributed by atoms with Crippen LogP contribution in [0.4, 0.5) is 0 Å². The van der Waals surface area contributed by atoms with E-state index in [0.29, 0.717) is 11.8 Å². The van der Waals surface area contributed by atoms with Crippen LogP contribution < -0.4 is 0 Å². The Morgan fingerprint density at radius 3 is 2.88 bits per heavy atom. The summed E-state index contributed by atoms with van der Waals surface area (Å²) >= 11 is 0. The molecule has 1 aromatic heterocycles. The van der Waals surface area contributed by atoms with Gasteiger partial charge in [-0.25, -0.2) is 0 Å². The van der Waals surface area contributed by atoms with E-state index < -0.39 is 10.8 Å². The molecule has 3 aliphatic rings. The van der Waals surface area contributed by atoms with Gasteiger partial charge in [-0.2, -0.15) is 0 Å². The van der Waals surface area contributed by atoms with Crippen molar-refractivity contribution in [3.63, 3.8) is 0 Å². The Balaban J connectivity index is 1.79. The highest BCUT2D eigenvalue weighted by molar-refractivity contribution is 5.78. The Hall–Kier alpha value is -1.58. The van der Waals surface area contributed by atoms with Crippen molar-refractivity contribution >= 4 is 12.3 Å². The molecule has 3 aliphatic carbocycles. The Labute approximate surface area is 149 Å². The van der Waals surface area contributed by atoms with Crippen LogP contribution in [-0.4, -0.2) is 19.4 Å². The third-order valence-corrected chi connectivity index (χ3v) is 7.91. The molecule has 4 rings (SSSR count). The van der Waals surface area contributed by atoms with Gasteiger partial charge in [-0.1, -0.05) is 13.3 Å². The first kappa shape index (κ1) is 16.9. The number of carbonyl (C=O) groups is 2. The van der Waals surface area contributed by atoms with E-state index in [0.717, 1.165) is 44.3 Å². The van der Waals surface area contributed by atoms with Crippen molar-refractivity contribution in [3.8, 4) is 0 Å². The van der Waals surface area contributed by atoms with Crippen LogP contribution >= 0.6 is 0 Å². The van der Waals surface area contributed by atoms with Crippen LogP contribution in [0.1, 0.15) is 63.2 Å². The van der Waals surface area contributed by atoms with Gasteiger partial charge in [0.05, 0.1) is 18.8 Å². The topological polar surface area (TPSA) is 56.5 Å². The van der Waals surface area contributed by atoms with Crippen molar-refractivity contribution in [2.75, 3.05) is 7.11 Å². The van der Waals surface area contributed by atoms with Crippen LogP contribution in [0.15, 0.2) is 16.7 Å². The van der Waals surface area contributed by atoms with Gasteiger partial charge in [0, 0.05) is 11.8 Å². The molecule has 0 saturated heterocycles. The summed E-state index contributed by atoms with van der Waals surface area (Å²) in [6.45, 7) is 4.29. The lowest BCUT2D eigenvalue weighted by molar-refractivity contribution is -0.176. The van der Waals surface area contributed by atoms with Crippen molar-refractivity contribution in [3.05, 3.63) is 23.7 Å². The zero-order chi connectivity index (χ0) is 17.8. The average molecular weight is 344 g/mol. The fourth-order valence-corrected chi connectivity index (χ4v) is 6.69. The molecular formula is C21H28O4. The average Bonchev–Trinajstić information content (AvgIpc) is 3.10. The minimum absolute atomic E-state index is 0.0728. The summed E-state index contributed by atoms with van der Waals surface area (Å²) in [6.07, 6.45) is 8.43. The monoisotopic (exact) mass is 344 g/mol. The van der Waals surface area contributed by atoms with Crippen molar-refractivity contribution in [2.24, 2.45) is 28.6 Å². The molecule has 2 saturated carbocycles. The van der Waals surface area contributed by atoms with E-state index in [-0.39, 0.29) is 17.8 Å². The standard InChI is InChI=1S/C21H28O4/c1-13-14-5-6-18-20(2,19(23)24-3)8-4-9-21(18,12-22)16(14)11-17-15(13)7-10-25-17/h7,10,12-14,16,18H,4-6,8-9,11H2,1-3H3. The van der Waals surface area contributed by atoms with E-state index in [1.807, 2.05) is 6.92 Å². The van der Waals surface area contributed by atoms with Crippen LogP contribution in [0.25, 0.3) is 0 Å². The minimum atomic E-state index is -0.550. The SMILES string of the molecule is COC(=O)C1(C)CCCC2(C=O)C3Cc4occc4C(C)C3CCC12. The van der Waals surface area contributed by atoms with E-state index in [9.17, 15) is 9.59 Å². The molecule has 1 heterocycles. The second kappa shape index (κ2) is 5.72. The molecule has 0 amide bonds. The van der Waals surface area contributed by atoms with Gasteiger partial charge in [-0.3, -0.25) is 4.79 Å². The summed E-state index contributed by atoms with van der Waals surface area (Å²) in [5.74, 6) is 2.14. The lowest BCUT2D eigenvalue weighted by Crippen LogP contribution is -2.59. The predicted molar refractivity (Wildman–Crippen MR) is 93.0 cm³/mol. The van der Waals surface area contributed by atoms with Gasteiger partial charge < -0.3 is 13.9 Å². The van der Waals surface area contributed by atoms with Crippen LogP contribution in [0, 0.1) is 28.6 Å². The van der Waals surface area contributed by atoms with Crippen LogP contribution in [-0.2, 0) is 20.7 Å². The number of furan rings is 1. The molecule has 6 unspecified atom stereocenters. The summed E-state index contributed by atoms with van der Waals surface area (Å²) in [5.41, 5.74) is 0.335.